The number of fused-ring (bicyclic) bond motifs is 1. The second-order valence-electron chi connectivity index (χ2n) is 7.82. The number of benzene rings is 4. The van der Waals surface area contributed by atoms with Crippen LogP contribution in [0.15, 0.2) is 75.8 Å². The number of carbonyl (C=O) groups is 1. The molecule has 1 amide bonds. The summed E-state index contributed by atoms with van der Waals surface area (Å²) >= 11 is 12.2. The van der Waals surface area contributed by atoms with Crippen molar-refractivity contribution in [2.45, 2.75) is 11.8 Å². The van der Waals surface area contributed by atoms with Gasteiger partial charge in [0.15, 0.2) is 0 Å². The minimum absolute atomic E-state index is 0. The van der Waals surface area contributed by atoms with Crippen molar-refractivity contribution in [1.29, 1.82) is 0 Å². The van der Waals surface area contributed by atoms with Gasteiger partial charge in [0.1, 0.15) is 16.3 Å². The normalized spacial score (nSPS) is 11.4. The number of halogens is 2. The second kappa shape index (κ2) is 12.0. The van der Waals surface area contributed by atoms with Crippen molar-refractivity contribution in [3.05, 3.63) is 81.8 Å². The number of hydrogen-bond donors (Lipinski definition) is 2. The fraction of sp³-hybridized carbons (Fsp3) is 0.0800. The van der Waals surface area contributed by atoms with Crippen LogP contribution in [0.25, 0.3) is 10.8 Å². The van der Waals surface area contributed by atoms with Crippen molar-refractivity contribution in [1.82, 2.24) is 0 Å². The topological polar surface area (TPSA) is 140 Å². The molecule has 0 aromatic heterocycles. The smallest absolute Gasteiger partial charge is 0.870 e. The first-order valence-corrected chi connectivity index (χ1v) is 12.8. The first-order valence-electron chi connectivity index (χ1n) is 10.6. The molecule has 4 aromatic rings. The van der Waals surface area contributed by atoms with E-state index in [0.717, 1.165) is 0 Å². The van der Waals surface area contributed by atoms with Gasteiger partial charge >= 0.3 is 29.6 Å². The molecule has 0 unspecified atom stereocenters. The van der Waals surface area contributed by atoms with Crippen molar-refractivity contribution in [2.75, 3.05) is 12.4 Å². The molecule has 4 rings (SSSR count). The molecule has 0 bridgehead atoms. The third kappa shape index (κ3) is 6.13. The van der Waals surface area contributed by atoms with E-state index < -0.39 is 26.7 Å². The van der Waals surface area contributed by atoms with Crippen LogP contribution in [0.1, 0.15) is 15.9 Å². The van der Waals surface area contributed by atoms with E-state index in [0.29, 0.717) is 16.5 Å². The Morgan fingerprint density at radius 1 is 1.03 bits per heavy atom. The molecule has 0 atom stereocenters. The predicted octanol–water partition coefficient (Wildman–Crippen LogP) is 3.46. The van der Waals surface area contributed by atoms with E-state index in [1.54, 1.807) is 30.3 Å². The van der Waals surface area contributed by atoms with Gasteiger partial charge in [-0.1, -0.05) is 53.2 Å². The van der Waals surface area contributed by atoms with Gasteiger partial charge in [0.25, 0.3) is 16.0 Å². The Labute approximate surface area is 250 Å². The largest absolute Gasteiger partial charge is 1.00 e. The van der Waals surface area contributed by atoms with Gasteiger partial charge < -0.3 is 15.2 Å². The van der Waals surface area contributed by atoms with Gasteiger partial charge in [-0.05, 0) is 48.2 Å². The molecule has 0 fully saturated rings. The fourth-order valence-electron chi connectivity index (χ4n) is 3.65. The predicted molar refractivity (Wildman–Crippen MR) is 140 cm³/mol. The van der Waals surface area contributed by atoms with Gasteiger partial charge in [0.2, 0.25) is 0 Å². The summed E-state index contributed by atoms with van der Waals surface area (Å²) < 4.78 is 38.7. The number of carbonyl (C=O) groups excluding carboxylic acids is 1. The van der Waals surface area contributed by atoms with Crippen LogP contribution in [0.3, 0.4) is 0 Å². The van der Waals surface area contributed by atoms with Gasteiger partial charge in [-0.3, -0.25) is 9.35 Å². The Morgan fingerprint density at radius 3 is 2.39 bits per heavy atom. The Bertz CT molecular complexity index is 1700. The molecule has 38 heavy (non-hydrogen) atoms. The molecule has 0 aliphatic rings. The summed E-state index contributed by atoms with van der Waals surface area (Å²) in [6.07, 6.45) is 0. The fourth-order valence-corrected chi connectivity index (χ4v) is 4.95. The quantitative estimate of drug-likeness (QED) is 0.203. The molecular formula is C25H18Cl2N3NaO6S. The second-order valence-corrected chi connectivity index (χ2v) is 9.99. The third-order valence-electron chi connectivity index (χ3n) is 5.48. The number of nitrogens with one attached hydrogen (secondary N) is 1. The summed E-state index contributed by atoms with van der Waals surface area (Å²) in [5.41, 5.74) is -0.331. The summed E-state index contributed by atoms with van der Waals surface area (Å²) in [5.74, 6) is -0.994. The molecule has 0 aliphatic carbocycles. The average Bonchev–Trinajstić information content (AvgIpc) is 2.85. The van der Waals surface area contributed by atoms with Gasteiger partial charge in [0.05, 0.1) is 23.5 Å². The third-order valence-corrected chi connectivity index (χ3v) is 7.23. The summed E-state index contributed by atoms with van der Waals surface area (Å²) in [4.78, 5) is 12.5. The van der Waals surface area contributed by atoms with E-state index in [4.69, 9.17) is 27.9 Å². The molecule has 4 aromatic carbocycles. The van der Waals surface area contributed by atoms with E-state index >= 15 is 0 Å². The number of azo groups is 1. The molecule has 0 saturated carbocycles. The Morgan fingerprint density at radius 2 is 1.74 bits per heavy atom. The number of hydrogen-bond acceptors (Lipinski definition) is 7. The number of amides is 1. The molecule has 190 valence electrons. The molecular weight excluding hydrogens is 564 g/mol. The van der Waals surface area contributed by atoms with Gasteiger partial charge in [-0.25, -0.2) is 0 Å². The number of methoxy groups -OCH3 is 1. The van der Waals surface area contributed by atoms with Gasteiger partial charge in [-0.2, -0.15) is 13.5 Å². The first-order chi connectivity index (χ1) is 17.5. The van der Waals surface area contributed by atoms with E-state index in [2.05, 4.69) is 15.5 Å². The number of anilines is 1. The van der Waals surface area contributed by atoms with Gasteiger partial charge in [0, 0.05) is 22.0 Å². The summed E-state index contributed by atoms with van der Waals surface area (Å²) in [5, 5.41) is 25.1. The van der Waals surface area contributed by atoms with Crippen LogP contribution < -0.4 is 44.7 Å². The molecule has 0 heterocycles. The van der Waals surface area contributed by atoms with E-state index in [9.17, 15) is 22.9 Å². The zero-order valence-electron chi connectivity index (χ0n) is 20.3. The molecule has 2 N–H and O–H groups in total. The standard InChI is InChI=1S/C25H19Cl2N3O6S.Na/c1-13-18(26)8-10-21(24(13)37(33,34)35)29-30-22-16-6-4-3-5-14(16)11-17(23(22)31)25(32)28-20-9-7-15(36-2)12-19(20)27;/h3-12,31H,1-2H3,(H,28,32)(H,33,34,35);/q;+1/p-1. The molecule has 0 spiro atoms. The minimum Gasteiger partial charge on any atom is -0.870 e. The van der Waals surface area contributed by atoms with Crippen molar-refractivity contribution in [3.8, 4) is 11.5 Å². The van der Waals surface area contributed by atoms with Crippen LogP contribution in [0.2, 0.25) is 10.0 Å². The van der Waals surface area contributed by atoms with E-state index in [-0.39, 0.29) is 67.8 Å². The van der Waals surface area contributed by atoms with Crippen molar-refractivity contribution in [2.24, 2.45) is 10.2 Å². The zero-order valence-corrected chi connectivity index (χ0v) is 24.6. The van der Waals surface area contributed by atoms with Crippen LogP contribution in [0.5, 0.6) is 11.5 Å². The average molecular weight is 582 g/mol. The number of ether oxygens (including phenoxy) is 1. The summed E-state index contributed by atoms with van der Waals surface area (Å²) in [6, 6.07) is 15.4. The summed E-state index contributed by atoms with van der Waals surface area (Å²) in [7, 11) is -3.24. The monoisotopic (exact) mass is 581 g/mol. The van der Waals surface area contributed by atoms with Crippen LogP contribution in [-0.4, -0.2) is 26.0 Å². The van der Waals surface area contributed by atoms with Gasteiger partial charge in [-0.15, -0.1) is 5.11 Å². The number of nitrogens with zero attached hydrogens (tertiary/aromatic N) is 2. The minimum atomic E-state index is -4.71. The maximum atomic E-state index is 13.4. The summed E-state index contributed by atoms with van der Waals surface area (Å²) in [6.45, 7) is 1.40. The van der Waals surface area contributed by atoms with Crippen molar-refractivity contribution < 1.29 is 57.2 Å². The Balaban J connectivity index is 0.00000400. The van der Waals surface area contributed by atoms with Crippen LogP contribution in [0.4, 0.5) is 17.1 Å². The number of rotatable bonds is 6. The zero-order chi connectivity index (χ0) is 26.9. The first kappa shape index (κ1) is 29.9. The van der Waals surface area contributed by atoms with E-state index in [1.165, 1.54) is 44.4 Å². The van der Waals surface area contributed by atoms with Crippen molar-refractivity contribution in [3.63, 3.8) is 0 Å². The Kier molecular flexibility index (Phi) is 9.43. The molecule has 0 radical (unpaired) electrons. The van der Waals surface area contributed by atoms with Crippen molar-refractivity contribution >= 4 is 67.1 Å². The maximum Gasteiger partial charge on any atom is 1.00 e. The maximum absolute atomic E-state index is 13.4. The molecule has 0 aliphatic heterocycles. The van der Waals surface area contributed by atoms with Crippen LogP contribution >= 0.6 is 23.2 Å². The van der Waals surface area contributed by atoms with Crippen LogP contribution in [-0.2, 0) is 10.1 Å². The molecule has 9 nitrogen and oxygen atoms in total. The molecule has 0 saturated heterocycles. The SMILES string of the molecule is COc1ccc(NC(=O)c2cc3ccccc3c(N=Nc3ccc(Cl)c(C)c3S(=O)(=O)O)c2[O-])c(Cl)c1.[Na+]. The Hall–Kier alpha value is -2.70. The van der Waals surface area contributed by atoms with Crippen LogP contribution in [0, 0.1) is 6.92 Å². The molecule has 13 heteroatoms. The van der Waals surface area contributed by atoms with E-state index in [1.807, 2.05) is 0 Å².